The van der Waals surface area contributed by atoms with Crippen molar-refractivity contribution in [1.29, 1.82) is 0 Å². The van der Waals surface area contributed by atoms with Crippen molar-refractivity contribution in [1.82, 2.24) is 0 Å². The monoisotopic (exact) mass is 851 g/mol. The lowest BCUT2D eigenvalue weighted by atomic mass is 9.78. The quantitative estimate of drug-likeness (QED) is 0.160. The summed E-state index contributed by atoms with van der Waals surface area (Å²) in [6.07, 6.45) is 6.69. The summed E-state index contributed by atoms with van der Waals surface area (Å²) in [5.74, 6) is -5.73. The average Bonchev–Trinajstić information content (AvgIpc) is 3.72. The topological polar surface area (TPSA) is 169 Å². The van der Waals surface area contributed by atoms with Crippen LogP contribution in [-0.4, -0.2) is 113 Å². The van der Waals surface area contributed by atoms with E-state index in [1.807, 2.05) is 26.8 Å². The number of hydrogen-bond acceptors (Lipinski definition) is 12. The number of carboxylic acids is 1. The summed E-state index contributed by atoms with van der Waals surface area (Å²) in [5, 5.41) is 30.7. The van der Waals surface area contributed by atoms with E-state index in [2.05, 4.69) is 41.5 Å². The van der Waals surface area contributed by atoms with Crippen LogP contribution in [0.25, 0.3) is 0 Å². The second-order valence-electron chi connectivity index (χ2n) is 20.5. The SMILES string of the molecule is CO[C@H]1CC[C@H](O[C@@H]2C[C@@H]([C@@H](C)/C=C(\C)C(=O)[C@H](C)C[C@H](C)C(=O)O)O[C@@]3(CC[C@@](C)([C@H]4CCC(C)C5(O[C@@H]([C@H]6O[C@@](O)(CO)[C@H](C)C[C@@H]6C)C[C@@H]5C)O4)O3)[C@@H]2C)O[C@@H]1C. The minimum atomic E-state index is -1.61. The number of ketones is 1. The molecule has 0 aromatic carbocycles. The molecule has 6 aliphatic rings. The van der Waals surface area contributed by atoms with Crippen LogP contribution in [0, 0.1) is 47.3 Å². The molecule has 2 unspecified atom stereocenters. The van der Waals surface area contributed by atoms with Crippen LogP contribution in [0.4, 0.5) is 0 Å². The second-order valence-corrected chi connectivity index (χ2v) is 20.5. The number of carbonyl (C=O) groups is 2. The van der Waals surface area contributed by atoms with Gasteiger partial charge in [-0.05, 0) is 77.2 Å². The fourth-order valence-electron chi connectivity index (χ4n) is 11.7. The first-order chi connectivity index (χ1) is 28.1. The van der Waals surface area contributed by atoms with E-state index in [-0.39, 0.29) is 90.4 Å². The Morgan fingerprint density at radius 2 is 1.57 bits per heavy atom. The highest BCUT2D eigenvalue weighted by atomic mass is 16.8. The van der Waals surface area contributed by atoms with Gasteiger partial charge < -0.3 is 53.2 Å². The van der Waals surface area contributed by atoms with Crippen molar-refractivity contribution in [2.75, 3.05) is 13.7 Å². The molecule has 2 spiro atoms. The number of carbonyl (C=O) groups excluding carboxylic acids is 1. The highest BCUT2D eigenvalue weighted by Gasteiger charge is 2.64. The highest BCUT2D eigenvalue weighted by Crippen LogP contribution is 2.57. The summed E-state index contributed by atoms with van der Waals surface area (Å²) in [5.41, 5.74) is -0.116. The third-order valence-electron chi connectivity index (χ3n) is 15.9. The number of carboxylic acid groups (broad SMARTS) is 1. The third kappa shape index (κ3) is 9.33. The zero-order valence-electron chi connectivity index (χ0n) is 38.5. The molecule has 6 saturated heterocycles. The number of hydrogen-bond donors (Lipinski definition) is 3. The Labute approximate surface area is 358 Å². The largest absolute Gasteiger partial charge is 0.481 e. The van der Waals surface area contributed by atoms with Gasteiger partial charge >= 0.3 is 5.97 Å². The summed E-state index contributed by atoms with van der Waals surface area (Å²) in [6.45, 7) is 21.6. The van der Waals surface area contributed by atoms with E-state index in [0.717, 1.165) is 25.7 Å². The van der Waals surface area contributed by atoms with Crippen molar-refractivity contribution in [2.45, 2.75) is 212 Å². The van der Waals surface area contributed by atoms with Crippen LogP contribution in [0.15, 0.2) is 11.6 Å². The zero-order valence-corrected chi connectivity index (χ0v) is 38.5. The maximum atomic E-state index is 13.5. The summed E-state index contributed by atoms with van der Waals surface area (Å²) in [4.78, 5) is 25.0. The number of aliphatic hydroxyl groups excluding tert-OH is 1. The molecule has 13 heteroatoms. The Balaban J connectivity index is 1.22. The lowest BCUT2D eigenvalue weighted by Gasteiger charge is -2.52. The zero-order chi connectivity index (χ0) is 44.1. The smallest absolute Gasteiger partial charge is 0.306 e. The molecule has 0 aliphatic carbocycles. The molecular formula is C47H78O13. The van der Waals surface area contributed by atoms with Crippen LogP contribution in [0.3, 0.4) is 0 Å². The van der Waals surface area contributed by atoms with E-state index < -0.39 is 53.7 Å². The predicted molar refractivity (Wildman–Crippen MR) is 222 cm³/mol. The van der Waals surface area contributed by atoms with Crippen LogP contribution in [-0.2, 0) is 47.5 Å². The molecule has 20 atom stereocenters. The fraction of sp³-hybridized carbons (Fsp3) is 0.915. The van der Waals surface area contributed by atoms with Crippen LogP contribution >= 0.6 is 0 Å². The number of aliphatic hydroxyl groups is 2. The fourth-order valence-corrected chi connectivity index (χ4v) is 11.7. The van der Waals surface area contributed by atoms with E-state index in [0.29, 0.717) is 37.7 Å². The van der Waals surface area contributed by atoms with Gasteiger partial charge in [-0.2, -0.15) is 0 Å². The van der Waals surface area contributed by atoms with Gasteiger partial charge in [-0.25, -0.2) is 0 Å². The Morgan fingerprint density at radius 1 is 0.850 bits per heavy atom. The van der Waals surface area contributed by atoms with Gasteiger partial charge in [0, 0.05) is 61.9 Å². The minimum absolute atomic E-state index is 0.0101. The van der Waals surface area contributed by atoms with Gasteiger partial charge in [0.15, 0.2) is 29.4 Å². The summed E-state index contributed by atoms with van der Waals surface area (Å²) >= 11 is 0. The molecule has 6 rings (SSSR count). The lowest BCUT2D eigenvalue weighted by molar-refractivity contribution is -0.382. The Hall–Kier alpha value is -1.52. The molecule has 0 amide bonds. The number of methoxy groups -OCH3 is 1. The normalized spacial score (nSPS) is 48.0. The van der Waals surface area contributed by atoms with Crippen molar-refractivity contribution in [3.63, 3.8) is 0 Å². The molecule has 0 radical (unpaired) electrons. The number of ether oxygens (including phenoxy) is 8. The van der Waals surface area contributed by atoms with Crippen molar-refractivity contribution < 1.29 is 62.8 Å². The van der Waals surface area contributed by atoms with E-state index >= 15 is 0 Å². The number of Topliss-reactive ketones (excluding diaryl/α,β-unsaturated/α-hetero) is 1. The maximum absolute atomic E-state index is 13.5. The summed E-state index contributed by atoms with van der Waals surface area (Å²) < 4.78 is 54.0. The molecule has 6 fully saturated rings. The van der Waals surface area contributed by atoms with Crippen LogP contribution in [0.1, 0.15) is 140 Å². The Morgan fingerprint density at radius 3 is 2.22 bits per heavy atom. The third-order valence-corrected chi connectivity index (χ3v) is 15.9. The van der Waals surface area contributed by atoms with Crippen molar-refractivity contribution in [2.24, 2.45) is 47.3 Å². The number of rotatable bonds is 13. The molecule has 0 bridgehead atoms. The van der Waals surface area contributed by atoms with Gasteiger partial charge in [-0.15, -0.1) is 0 Å². The molecule has 0 aromatic heterocycles. The van der Waals surface area contributed by atoms with E-state index in [1.165, 1.54) is 0 Å². The summed E-state index contributed by atoms with van der Waals surface area (Å²) in [6, 6.07) is 0. The van der Waals surface area contributed by atoms with E-state index in [9.17, 15) is 24.9 Å². The number of aliphatic carboxylic acids is 1. The molecule has 60 heavy (non-hydrogen) atoms. The molecular weight excluding hydrogens is 773 g/mol. The molecule has 6 aliphatic heterocycles. The average molecular weight is 851 g/mol. The van der Waals surface area contributed by atoms with Gasteiger partial charge in [0.05, 0.1) is 60.9 Å². The molecule has 6 heterocycles. The van der Waals surface area contributed by atoms with Gasteiger partial charge in [0.1, 0.15) is 0 Å². The van der Waals surface area contributed by atoms with Gasteiger partial charge in [-0.1, -0.05) is 61.5 Å². The van der Waals surface area contributed by atoms with Crippen molar-refractivity contribution in [3.05, 3.63) is 11.6 Å². The second kappa shape index (κ2) is 18.5. The first-order valence-electron chi connectivity index (χ1n) is 23.1. The van der Waals surface area contributed by atoms with Gasteiger partial charge in [-0.3, -0.25) is 9.59 Å². The van der Waals surface area contributed by atoms with E-state index in [1.54, 1.807) is 21.0 Å². The van der Waals surface area contributed by atoms with Crippen LogP contribution < -0.4 is 0 Å². The van der Waals surface area contributed by atoms with Crippen molar-refractivity contribution >= 4 is 11.8 Å². The maximum Gasteiger partial charge on any atom is 0.306 e. The lowest BCUT2D eigenvalue weighted by Crippen LogP contribution is -2.60. The first kappa shape index (κ1) is 47.9. The molecule has 3 N–H and O–H groups in total. The van der Waals surface area contributed by atoms with Gasteiger partial charge in [0.25, 0.3) is 0 Å². The predicted octanol–water partition coefficient (Wildman–Crippen LogP) is 7.18. The minimum Gasteiger partial charge on any atom is -0.481 e. The standard InChI is InChI=1S/C47H78O13/c1-25(19-26(2)41(49)27(3)20-29(5)43(50)51)36-23-37(55-40-16-14-35(53-12)34(10)54-40)33(9)46(56-36)18-17-44(11,60-46)39-15-13-30(6)47(58-39)32(8)22-38(57-47)42-28(4)21-31(7)45(52,24-48)59-42/h19,25,27-40,42,48,52H,13-18,20-24H2,1-12H3,(H,50,51)/b26-19+/t25-,27+,28-,29-,30?,31+,32-,33+,34+,35-,36-,37+,38+,39+,40-,42-,44-,45-,46+,47?/m0/s1. The highest BCUT2D eigenvalue weighted by molar-refractivity contribution is 5.96. The summed E-state index contributed by atoms with van der Waals surface area (Å²) in [7, 11) is 1.71. The van der Waals surface area contributed by atoms with Crippen molar-refractivity contribution in [3.8, 4) is 0 Å². The van der Waals surface area contributed by atoms with Crippen LogP contribution in [0.2, 0.25) is 0 Å². The first-order valence-corrected chi connectivity index (χ1v) is 23.1. The van der Waals surface area contributed by atoms with E-state index in [4.69, 9.17) is 37.9 Å². The van der Waals surface area contributed by atoms with Gasteiger partial charge in [0.2, 0.25) is 0 Å². The molecule has 13 nitrogen and oxygen atoms in total. The Bertz CT molecular complexity index is 1540. The molecule has 344 valence electrons. The molecule has 0 saturated carbocycles. The Kier molecular flexibility index (Phi) is 14.8. The number of allylic oxidation sites excluding steroid dienone is 1. The molecule has 0 aromatic rings. The van der Waals surface area contributed by atoms with Crippen LogP contribution in [0.5, 0.6) is 0 Å².